The van der Waals surface area contributed by atoms with Crippen molar-refractivity contribution in [3.8, 4) is 0 Å². The molecular weight excluding hydrogens is 184 g/mol. The summed E-state index contributed by atoms with van der Waals surface area (Å²) in [5.41, 5.74) is 5.86. The van der Waals surface area contributed by atoms with Crippen molar-refractivity contribution in [2.24, 2.45) is 17.6 Å². The standard InChI is InChI=1S/C13H30N2/c1-11(2)6-8-15(10-13(5)14)9-7-12(3)4/h11-13H,6-10,14H2,1-5H3. The quantitative estimate of drug-likeness (QED) is 0.673. The van der Waals surface area contributed by atoms with E-state index in [-0.39, 0.29) is 0 Å². The maximum Gasteiger partial charge on any atom is 0.0139 e. The fourth-order valence-corrected chi connectivity index (χ4v) is 1.58. The number of hydrogen-bond acceptors (Lipinski definition) is 2. The zero-order valence-electron chi connectivity index (χ0n) is 11.3. The Morgan fingerprint density at radius 1 is 0.867 bits per heavy atom. The third-order valence-corrected chi connectivity index (χ3v) is 2.59. The molecule has 2 heteroatoms. The molecule has 0 aliphatic carbocycles. The van der Waals surface area contributed by atoms with E-state index in [9.17, 15) is 0 Å². The molecule has 0 amide bonds. The molecule has 92 valence electrons. The van der Waals surface area contributed by atoms with E-state index >= 15 is 0 Å². The largest absolute Gasteiger partial charge is 0.327 e. The second-order valence-corrected chi connectivity index (χ2v) is 5.64. The first-order chi connectivity index (χ1) is 6.91. The van der Waals surface area contributed by atoms with Gasteiger partial charge in [-0.05, 0) is 44.7 Å². The topological polar surface area (TPSA) is 29.3 Å². The van der Waals surface area contributed by atoms with Gasteiger partial charge in [-0.15, -0.1) is 0 Å². The van der Waals surface area contributed by atoms with Crippen LogP contribution in [0.4, 0.5) is 0 Å². The monoisotopic (exact) mass is 214 g/mol. The molecule has 0 heterocycles. The van der Waals surface area contributed by atoms with Crippen molar-refractivity contribution in [2.45, 2.75) is 53.5 Å². The van der Waals surface area contributed by atoms with Gasteiger partial charge >= 0.3 is 0 Å². The van der Waals surface area contributed by atoms with Crippen LogP contribution < -0.4 is 5.73 Å². The van der Waals surface area contributed by atoms with Gasteiger partial charge < -0.3 is 10.6 Å². The molecule has 2 nitrogen and oxygen atoms in total. The van der Waals surface area contributed by atoms with Gasteiger partial charge in [0.05, 0.1) is 0 Å². The van der Waals surface area contributed by atoms with Gasteiger partial charge in [-0.25, -0.2) is 0 Å². The van der Waals surface area contributed by atoms with Gasteiger partial charge in [0.1, 0.15) is 0 Å². The summed E-state index contributed by atoms with van der Waals surface area (Å²) in [4.78, 5) is 2.52. The highest BCUT2D eigenvalue weighted by Gasteiger charge is 2.08. The van der Waals surface area contributed by atoms with E-state index in [0.29, 0.717) is 6.04 Å². The fourth-order valence-electron chi connectivity index (χ4n) is 1.58. The summed E-state index contributed by atoms with van der Waals surface area (Å²) in [6.45, 7) is 14.7. The number of rotatable bonds is 8. The molecule has 0 fully saturated rings. The van der Waals surface area contributed by atoms with Crippen LogP contribution in [0.25, 0.3) is 0 Å². The summed E-state index contributed by atoms with van der Waals surface area (Å²) in [5.74, 6) is 1.58. The fraction of sp³-hybridized carbons (Fsp3) is 1.00. The molecule has 1 atom stereocenters. The smallest absolute Gasteiger partial charge is 0.0139 e. The van der Waals surface area contributed by atoms with Crippen LogP contribution >= 0.6 is 0 Å². The van der Waals surface area contributed by atoms with Gasteiger partial charge in [-0.1, -0.05) is 27.7 Å². The van der Waals surface area contributed by atoms with Crippen LogP contribution in [0.15, 0.2) is 0 Å². The van der Waals surface area contributed by atoms with Crippen molar-refractivity contribution in [2.75, 3.05) is 19.6 Å². The lowest BCUT2D eigenvalue weighted by Gasteiger charge is -2.25. The maximum atomic E-state index is 5.86. The van der Waals surface area contributed by atoms with E-state index in [2.05, 4.69) is 39.5 Å². The second-order valence-electron chi connectivity index (χ2n) is 5.64. The Hall–Kier alpha value is -0.0800. The van der Waals surface area contributed by atoms with Crippen LogP contribution in [0.1, 0.15) is 47.5 Å². The Balaban J connectivity index is 3.84. The van der Waals surface area contributed by atoms with Crippen LogP contribution in [0.5, 0.6) is 0 Å². The van der Waals surface area contributed by atoms with Gasteiger partial charge in [0.15, 0.2) is 0 Å². The van der Waals surface area contributed by atoms with Crippen LogP contribution in [-0.2, 0) is 0 Å². The predicted octanol–water partition coefficient (Wildman–Crippen LogP) is 2.73. The summed E-state index contributed by atoms with van der Waals surface area (Å²) in [7, 11) is 0. The van der Waals surface area contributed by atoms with E-state index in [1.165, 1.54) is 25.9 Å². The van der Waals surface area contributed by atoms with Gasteiger partial charge in [-0.2, -0.15) is 0 Å². The molecule has 15 heavy (non-hydrogen) atoms. The first-order valence-electron chi connectivity index (χ1n) is 6.39. The summed E-state index contributed by atoms with van der Waals surface area (Å²) >= 11 is 0. The minimum absolute atomic E-state index is 0.296. The van der Waals surface area contributed by atoms with E-state index < -0.39 is 0 Å². The predicted molar refractivity (Wildman–Crippen MR) is 69.0 cm³/mol. The molecule has 0 aliphatic rings. The molecule has 0 saturated heterocycles. The first kappa shape index (κ1) is 14.9. The third kappa shape index (κ3) is 10.2. The van der Waals surface area contributed by atoms with Crippen molar-refractivity contribution in [1.82, 2.24) is 4.90 Å². The Bertz CT molecular complexity index is 129. The van der Waals surface area contributed by atoms with Crippen LogP contribution in [0.3, 0.4) is 0 Å². The molecule has 2 N–H and O–H groups in total. The summed E-state index contributed by atoms with van der Waals surface area (Å²) < 4.78 is 0. The molecular formula is C13H30N2. The normalized spacial score (nSPS) is 14.2. The van der Waals surface area contributed by atoms with Crippen LogP contribution in [0.2, 0.25) is 0 Å². The lowest BCUT2D eigenvalue weighted by Crippen LogP contribution is -2.37. The second kappa shape index (κ2) is 8.12. The molecule has 0 spiro atoms. The minimum Gasteiger partial charge on any atom is -0.327 e. The van der Waals surface area contributed by atoms with Crippen molar-refractivity contribution < 1.29 is 0 Å². The summed E-state index contributed by atoms with van der Waals surface area (Å²) in [6, 6.07) is 0.296. The highest BCUT2D eigenvalue weighted by Crippen LogP contribution is 2.06. The number of nitrogens with zero attached hydrogens (tertiary/aromatic N) is 1. The maximum absolute atomic E-state index is 5.86. The Morgan fingerprint density at radius 2 is 1.27 bits per heavy atom. The Labute approximate surface area is 96.2 Å². The molecule has 0 radical (unpaired) electrons. The van der Waals surface area contributed by atoms with E-state index in [4.69, 9.17) is 5.73 Å². The van der Waals surface area contributed by atoms with Gasteiger partial charge in [0.25, 0.3) is 0 Å². The van der Waals surface area contributed by atoms with E-state index in [1.54, 1.807) is 0 Å². The summed E-state index contributed by atoms with van der Waals surface area (Å²) in [6.07, 6.45) is 2.57. The molecule has 0 bridgehead atoms. The molecule has 0 aromatic carbocycles. The highest BCUT2D eigenvalue weighted by molar-refractivity contribution is 4.66. The van der Waals surface area contributed by atoms with E-state index in [0.717, 1.165) is 18.4 Å². The zero-order valence-corrected chi connectivity index (χ0v) is 11.3. The van der Waals surface area contributed by atoms with E-state index in [1.807, 2.05) is 0 Å². The molecule has 0 aromatic rings. The van der Waals surface area contributed by atoms with Crippen LogP contribution in [0, 0.1) is 11.8 Å². The average Bonchev–Trinajstić information content (AvgIpc) is 2.08. The van der Waals surface area contributed by atoms with Crippen molar-refractivity contribution in [1.29, 1.82) is 0 Å². The van der Waals surface area contributed by atoms with Crippen molar-refractivity contribution in [3.05, 3.63) is 0 Å². The number of nitrogens with two attached hydrogens (primary N) is 1. The van der Waals surface area contributed by atoms with Crippen molar-refractivity contribution in [3.63, 3.8) is 0 Å². The molecule has 0 saturated carbocycles. The lowest BCUT2D eigenvalue weighted by atomic mass is 10.1. The minimum atomic E-state index is 0.296. The van der Waals surface area contributed by atoms with Gasteiger partial charge in [0.2, 0.25) is 0 Å². The third-order valence-electron chi connectivity index (χ3n) is 2.59. The molecule has 0 rings (SSSR count). The lowest BCUT2D eigenvalue weighted by molar-refractivity contribution is 0.233. The van der Waals surface area contributed by atoms with Crippen LogP contribution in [-0.4, -0.2) is 30.6 Å². The Kier molecular flexibility index (Phi) is 8.07. The van der Waals surface area contributed by atoms with Crippen molar-refractivity contribution >= 4 is 0 Å². The molecule has 0 aliphatic heterocycles. The molecule has 0 aromatic heterocycles. The van der Waals surface area contributed by atoms with Gasteiger partial charge in [-0.3, -0.25) is 0 Å². The first-order valence-corrected chi connectivity index (χ1v) is 6.39. The Morgan fingerprint density at radius 3 is 1.53 bits per heavy atom. The zero-order chi connectivity index (χ0) is 11.8. The van der Waals surface area contributed by atoms with Gasteiger partial charge in [0, 0.05) is 12.6 Å². The average molecular weight is 214 g/mol. The molecule has 1 unspecified atom stereocenters. The highest BCUT2D eigenvalue weighted by atomic mass is 15.1. The summed E-state index contributed by atoms with van der Waals surface area (Å²) in [5, 5.41) is 0. The SMILES string of the molecule is CC(C)CCN(CCC(C)C)CC(C)N. The number of hydrogen-bond donors (Lipinski definition) is 1.